The number of rotatable bonds is 7. The molecule has 3 aromatic rings. The zero-order valence-corrected chi connectivity index (χ0v) is 18.6. The topological polar surface area (TPSA) is 136 Å². The first-order valence-corrected chi connectivity index (χ1v) is 12.3. The van der Waals surface area contributed by atoms with Crippen LogP contribution in [0.15, 0.2) is 48.5 Å². The van der Waals surface area contributed by atoms with Gasteiger partial charge in [0.05, 0.1) is 25.0 Å². The molecule has 0 spiro atoms. The van der Waals surface area contributed by atoms with E-state index in [0.29, 0.717) is 22.8 Å². The van der Waals surface area contributed by atoms with E-state index in [1.807, 2.05) is 6.07 Å². The zero-order valence-electron chi connectivity index (χ0n) is 17.8. The minimum Gasteiger partial charge on any atom is -0.454 e. The van der Waals surface area contributed by atoms with Gasteiger partial charge in [0.1, 0.15) is 24.0 Å². The van der Waals surface area contributed by atoms with Crippen LogP contribution in [0.25, 0.3) is 0 Å². The highest BCUT2D eigenvalue weighted by atomic mass is 32.2. The molecule has 1 N–H and O–H groups in total. The Morgan fingerprint density at radius 2 is 1.85 bits per heavy atom. The first-order chi connectivity index (χ1) is 16.6. The second-order valence-electron chi connectivity index (χ2n) is 8.16. The second-order valence-corrected chi connectivity index (χ2v) is 9.91. The van der Waals surface area contributed by atoms with Crippen molar-refractivity contribution in [3.63, 3.8) is 0 Å². The molecule has 13 heteroatoms. The fourth-order valence-electron chi connectivity index (χ4n) is 4.36. The van der Waals surface area contributed by atoms with Crippen LogP contribution in [0, 0.1) is 0 Å². The van der Waals surface area contributed by atoms with Gasteiger partial charge in [0.15, 0.2) is 11.5 Å². The maximum Gasteiger partial charge on any atom is 0.341 e. The molecule has 0 saturated carbocycles. The van der Waals surface area contributed by atoms with Gasteiger partial charge in [-0.15, -0.1) is 0 Å². The summed E-state index contributed by atoms with van der Waals surface area (Å²) in [5.74, 6) is 1.57. The third-order valence-electron chi connectivity index (χ3n) is 5.89. The molecule has 34 heavy (non-hydrogen) atoms. The van der Waals surface area contributed by atoms with Gasteiger partial charge in [-0.25, -0.2) is 13.1 Å². The van der Waals surface area contributed by atoms with E-state index in [2.05, 4.69) is 20.2 Å². The van der Waals surface area contributed by atoms with Gasteiger partial charge in [0.2, 0.25) is 16.8 Å². The molecule has 4 heterocycles. The van der Waals surface area contributed by atoms with Crippen molar-refractivity contribution in [2.75, 3.05) is 20.0 Å². The Hall–Kier alpha value is -3.26. The summed E-state index contributed by atoms with van der Waals surface area (Å²) in [6.45, 7) is 0.585. The summed E-state index contributed by atoms with van der Waals surface area (Å²) >= 11 is 0. The summed E-state index contributed by atoms with van der Waals surface area (Å²) < 4.78 is 58.0. The smallest absolute Gasteiger partial charge is 0.341 e. The SMILES string of the molecule is O=S(=O)(Cc1ccccc1)NC1COC2C1OCC2n1nnnc1Oc1ccc2c(c1)OCO2. The van der Waals surface area contributed by atoms with Crippen molar-refractivity contribution < 1.29 is 32.1 Å². The molecule has 2 fully saturated rings. The van der Waals surface area contributed by atoms with Crippen molar-refractivity contribution in [1.82, 2.24) is 24.9 Å². The van der Waals surface area contributed by atoms with Crippen LogP contribution >= 0.6 is 0 Å². The van der Waals surface area contributed by atoms with Crippen molar-refractivity contribution >= 4 is 10.0 Å². The molecule has 2 aromatic carbocycles. The highest BCUT2D eigenvalue weighted by molar-refractivity contribution is 7.88. The lowest BCUT2D eigenvalue weighted by atomic mass is 10.1. The van der Waals surface area contributed by atoms with Crippen molar-refractivity contribution in [1.29, 1.82) is 0 Å². The van der Waals surface area contributed by atoms with E-state index in [0.717, 1.165) is 0 Å². The first-order valence-electron chi connectivity index (χ1n) is 10.7. The van der Waals surface area contributed by atoms with Gasteiger partial charge in [0.25, 0.3) is 0 Å². The van der Waals surface area contributed by atoms with E-state index < -0.39 is 28.3 Å². The van der Waals surface area contributed by atoms with Crippen LogP contribution < -0.4 is 18.9 Å². The molecular formula is C21H21N5O7S. The molecule has 12 nitrogen and oxygen atoms in total. The first kappa shape index (κ1) is 21.3. The van der Waals surface area contributed by atoms with Crippen molar-refractivity contribution in [2.45, 2.75) is 30.0 Å². The number of sulfonamides is 1. The van der Waals surface area contributed by atoms with Crippen LogP contribution in [0.2, 0.25) is 0 Å². The third-order valence-corrected chi connectivity index (χ3v) is 7.26. The molecule has 178 valence electrons. The monoisotopic (exact) mass is 487 g/mol. The van der Waals surface area contributed by atoms with Crippen LogP contribution in [-0.2, 0) is 25.2 Å². The van der Waals surface area contributed by atoms with Gasteiger partial charge in [0, 0.05) is 6.07 Å². The summed E-state index contributed by atoms with van der Waals surface area (Å²) in [6, 6.07) is 13.4. The number of hydrogen-bond donors (Lipinski definition) is 1. The molecule has 0 aliphatic carbocycles. The molecule has 0 amide bonds. The van der Waals surface area contributed by atoms with Crippen molar-refractivity contribution in [2.24, 2.45) is 0 Å². The number of tetrazole rings is 1. The van der Waals surface area contributed by atoms with Crippen molar-refractivity contribution in [3.8, 4) is 23.3 Å². The van der Waals surface area contributed by atoms with E-state index in [4.69, 9.17) is 23.7 Å². The quantitative estimate of drug-likeness (QED) is 0.514. The molecule has 4 atom stereocenters. The fourth-order valence-corrected chi connectivity index (χ4v) is 5.74. The molecule has 3 aliphatic heterocycles. The molecule has 6 rings (SSSR count). The lowest BCUT2D eigenvalue weighted by Crippen LogP contribution is -2.44. The maximum atomic E-state index is 12.7. The van der Waals surface area contributed by atoms with Gasteiger partial charge < -0.3 is 23.7 Å². The highest BCUT2D eigenvalue weighted by Gasteiger charge is 2.50. The Kier molecular flexibility index (Phi) is 5.32. The third kappa shape index (κ3) is 4.07. The van der Waals surface area contributed by atoms with Crippen LogP contribution in [0.1, 0.15) is 11.6 Å². The number of ether oxygens (including phenoxy) is 5. The van der Waals surface area contributed by atoms with Gasteiger partial charge in [-0.3, -0.25) is 0 Å². The predicted molar refractivity (Wildman–Crippen MR) is 115 cm³/mol. The minimum atomic E-state index is -3.59. The van der Waals surface area contributed by atoms with E-state index >= 15 is 0 Å². The number of hydrogen-bond acceptors (Lipinski definition) is 10. The Labute approximate surface area is 194 Å². The minimum absolute atomic E-state index is 0.119. The number of nitrogens with zero attached hydrogens (tertiary/aromatic N) is 4. The van der Waals surface area contributed by atoms with Gasteiger partial charge >= 0.3 is 6.01 Å². The number of benzene rings is 2. The predicted octanol–water partition coefficient (Wildman–Crippen LogP) is 1.02. The molecule has 3 aliphatic rings. The summed E-state index contributed by atoms with van der Waals surface area (Å²) in [5.41, 5.74) is 0.703. The van der Waals surface area contributed by atoms with Crippen LogP contribution in [-0.4, -0.2) is 66.9 Å². The van der Waals surface area contributed by atoms with Gasteiger partial charge in [-0.2, -0.15) is 4.68 Å². The lowest BCUT2D eigenvalue weighted by Gasteiger charge is -2.18. The largest absolute Gasteiger partial charge is 0.454 e. The Morgan fingerprint density at radius 1 is 1.03 bits per heavy atom. The number of aromatic nitrogens is 4. The van der Waals surface area contributed by atoms with E-state index in [9.17, 15) is 8.42 Å². The highest BCUT2D eigenvalue weighted by Crippen LogP contribution is 2.38. The van der Waals surface area contributed by atoms with E-state index in [1.165, 1.54) is 4.68 Å². The zero-order chi connectivity index (χ0) is 23.1. The van der Waals surface area contributed by atoms with Gasteiger partial charge in [-0.1, -0.05) is 35.4 Å². The Balaban J connectivity index is 1.14. The standard InChI is InChI=1S/C21H21N5O7S/c27-34(28,11-13-4-2-1-3-5-13)23-15-9-29-20-16(10-30-19(15)20)26-21(22-24-25-26)33-14-6-7-17-18(8-14)32-12-31-17/h1-8,15-16,19-20,23H,9-12H2. The molecule has 0 bridgehead atoms. The van der Waals surface area contributed by atoms with Gasteiger partial charge in [-0.05, 0) is 28.1 Å². The number of nitrogens with one attached hydrogen (secondary N) is 1. The summed E-state index contributed by atoms with van der Waals surface area (Å²) in [5, 5.41) is 11.8. The molecule has 2 saturated heterocycles. The van der Waals surface area contributed by atoms with E-state index in [1.54, 1.807) is 42.5 Å². The Bertz CT molecular complexity index is 1290. The maximum absolute atomic E-state index is 12.7. The molecule has 4 unspecified atom stereocenters. The fraction of sp³-hybridized carbons (Fsp3) is 0.381. The molecule has 1 aromatic heterocycles. The summed E-state index contributed by atoms with van der Waals surface area (Å²) in [6.07, 6.45) is -0.912. The average Bonchev–Trinajstić information content (AvgIpc) is 3.60. The van der Waals surface area contributed by atoms with Crippen molar-refractivity contribution in [3.05, 3.63) is 54.1 Å². The van der Waals surface area contributed by atoms with Crippen LogP contribution in [0.5, 0.6) is 23.3 Å². The summed E-state index contributed by atoms with van der Waals surface area (Å²) in [7, 11) is -3.59. The Morgan fingerprint density at radius 3 is 2.74 bits per heavy atom. The summed E-state index contributed by atoms with van der Waals surface area (Å²) in [4.78, 5) is 0. The number of fused-ring (bicyclic) bond motifs is 2. The van der Waals surface area contributed by atoms with Crippen LogP contribution in [0.3, 0.4) is 0 Å². The van der Waals surface area contributed by atoms with Crippen LogP contribution in [0.4, 0.5) is 0 Å². The molecular weight excluding hydrogens is 466 g/mol. The average molecular weight is 487 g/mol. The molecule has 0 radical (unpaired) electrons. The second kappa shape index (κ2) is 8.51. The normalized spacial score (nSPS) is 25.4. The lowest BCUT2D eigenvalue weighted by molar-refractivity contribution is 0.0615. The van der Waals surface area contributed by atoms with E-state index in [-0.39, 0.29) is 37.8 Å².